The highest BCUT2D eigenvalue weighted by Gasteiger charge is 2.09. The number of rotatable bonds is 5. The first-order valence-corrected chi connectivity index (χ1v) is 7.78. The van der Waals surface area contributed by atoms with E-state index in [0.29, 0.717) is 18.2 Å². The maximum Gasteiger partial charge on any atom is 0.365 e. The molecule has 22 heavy (non-hydrogen) atoms. The Hall–Kier alpha value is -2.37. The van der Waals surface area contributed by atoms with Gasteiger partial charge in [0.2, 0.25) is 5.88 Å². The molecule has 0 saturated carbocycles. The van der Waals surface area contributed by atoms with Gasteiger partial charge < -0.3 is 14.2 Å². The van der Waals surface area contributed by atoms with E-state index < -0.39 is 8.25 Å². The Labute approximate surface area is 127 Å². The smallest absolute Gasteiger partial charge is 0.365 e. The van der Waals surface area contributed by atoms with Crippen LogP contribution >= 0.6 is 8.25 Å². The molecule has 0 saturated heterocycles. The van der Waals surface area contributed by atoms with E-state index in [1.807, 2.05) is 22.9 Å². The average Bonchev–Trinajstić information content (AvgIpc) is 2.92. The van der Waals surface area contributed by atoms with Gasteiger partial charge in [0, 0.05) is 6.20 Å². The molecule has 114 valence electrons. The van der Waals surface area contributed by atoms with Gasteiger partial charge in [-0.15, -0.1) is 0 Å². The summed E-state index contributed by atoms with van der Waals surface area (Å²) in [5, 5.41) is 5.20. The predicted molar refractivity (Wildman–Crippen MR) is 81.5 cm³/mol. The van der Waals surface area contributed by atoms with Crippen LogP contribution in [0.25, 0.3) is 10.9 Å². The van der Waals surface area contributed by atoms with E-state index in [1.54, 1.807) is 31.6 Å². The lowest BCUT2D eigenvalue weighted by Crippen LogP contribution is -2.01. The molecule has 3 rings (SSSR count). The number of hydrogen-bond acceptors (Lipinski definition) is 5. The molecule has 1 atom stereocenters. The molecule has 8 heteroatoms. The van der Waals surface area contributed by atoms with E-state index in [2.05, 4.69) is 10.1 Å². The first-order chi connectivity index (χ1) is 10.7. The summed E-state index contributed by atoms with van der Waals surface area (Å²) < 4.78 is 22.5. The van der Waals surface area contributed by atoms with Crippen molar-refractivity contribution in [2.75, 3.05) is 7.11 Å². The summed E-state index contributed by atoms with van der Waals surface area (Å²) in [6.07, 6.45) is 3.39. The van der Waals surface area contributed by atoms with Gasteiger partial charge in [-0.25, -0.2) is 9.55 Å². The Kier molecular flexibility index (Phi) is 4.09. The number of aromatic nitrogens is 3. The van der Waals surface area contributed by atoms with Crippen LogP contribution in [0.15, 0.2) is 42.7 Å². The second-order valence-corrected chi connectivity index (χ2v) is 5.30. The Morgan fingerprint density at radius 2 is 2.05 bits per heavy atom. The third kappa shape index (κ3) is 2.95. The van der Waals surface area contributed by atoms with Crippen LogP contribution in [-0.4, -0.2) is 26.8 Å². The zero-order chi connectivity index (χ0) is 15.5. The molecule has 0 fully saturated rings. The molecule has 7 nitrogen and oxygen atoms in total. The molecule has 1 unspecified atom stereocenters. The SMILES string of the molecule is COc1nccc2c1cnn2Cc1ccc(O[PH](=O)O)cc1. The second-order valence-electron chi connectivity index (χ2n) is 4.57. The second kappa shape index (κ2) is 6.17. The standard InChI is InChI=1S/C14H14N3O4P/c1-20-14-12-8-16-17(13(12)6-7-15-14)9-10-2-4-11(5-3-10)21-22(18)19/h2-8,22H,9H2,1H3,(H,18,19). The van der Waals surface area contributed by atoms with Crippen molar-refractivity contribution in [3.8, 4) is 11.6 Å². The third-order valence-electron chi connectivity index (χ3n) is 3.19. The fraction of sp³-hybridized carbons (Fsp3) is 0.143. The van der Waals surface area contributed by atoms with Crippen LogP contribution in [0.3, 0.4) is 0 Å². The Morgan fingerprint density at radius 1 is 1.27 bits per heavy atom. The number of ether oxygens (including phenoxy) is 1. The van der Waals surface area contributed by atoms with Gasteiger partial charge in [0.1, 0.15) is 5.75 Å². The monoisotopic (exact) mass is 319 g/mol. The lowest BCUT2D eigenvalue weighted by atomic mass is 10.2. The maximum absolute atomic E-state index is 10.6. The molecule has 0 bridgehead atoms. The van der Waals surface area contributed by atoms with Gasteiger partial charge in [0.25, 0.3) is 0 Å². The minimum absolute atomic E-state index is 0.367. The van der Waals surface area contributed by atoms with Gasteiger partial charge >= 0.3 is 8.25 Å². The summed E-state index contributed by atoms with van der Waals surface area (Å²) >= 11 is 0. The van der Waals surface area contributed by atoms with Crippen LogP contribution in [0.1, 0.15) is 5.56 Å². The number of hydrogen-bond donors (Lipinski definition) is 1. The van der Waals surface area contributed by atoms with Crippen LogP contribution in [0.4, 0.5) is 0 Å². The van der Waals surface area contributed by atoms with Crippen molar-refractivity contribution in [2.45, 2.75) is 6.54 Å². The largest absolute Gasteiger partial charge is 0.480 e. The van der Waals surface area contributed by atoms with Crippen molar-refractivity contribution >= 4 is 19.2 Å². The topological polar surface area (TPSA) is 86.5 Å². The highest BCUT2D eigenvalue weighted by atomic mass is 31.1. The number of methoxy groups -OCH3 is 1. The Morgan fingerprint density at radius 3 is 2.73 bits per heavy atom. The predicted octanol–water partition coefficient (Wildman–Crippen LogP) is 2.25. The molecule has 0 amide bonds. The molecule has 0 aliphatic rings. The lowest BCUT2D eigenvalue weighted by Gasteiger charge is -2.06. The molecule has 0 radical (unpaired) electrons. The van der Waals surface area contributed by atoms with Gasteiger partial charge in [0.05, 0.1) is 30.8 Å². The van der Waals surface area contributed by atoms with E-state index in [-0.39, 0.29) is 0 Å². The number of benzene rings is 1. The molecule has 2 aromatic heterocycles. The summed E-state index contributed by atoms with van der Waals surface area (Å²) in [4.78, 5) is 12.9. The van der Waals surface area contributed by atoms with Crippen molar-refractivity contribution in [1.29, 1.82) is 0 Å². The van der Waals surface area contributed by atoms with E-state index in [4.69, 9.17) is 14.2 Å². The first-order valence-electron chi connectivity index (χ1n) is 6.51. The van der Waals surface area contributed by atoms with Crippen LogP contribution in [0.5, 0.6) is 11.6 Å². The van der Waals surface area contributed by atoms with Gasteiger partial charge in [-0.3, -0.25) is 4.68 Å². The lowest BCUT2D eigenvalue weighted by molar-refractivity contribution is 0.403. The van der Waals surface area contributed by atoms with Gasteiger partial charge in [-0.2, -0.15) is 5.10 Å². The quantitative estimate of drug-likeness (QED) is 0.726. The van der Waals surface area contributed by atoms with E-state index in [9.17, 15) is 4.57 Å². The van der Waals surface area contributed by atoms with E-state index in [0.717, 1.165) is 16.5 Å². The van der Waals surface area contributed by atoms with Crippen molar-refractivity contribution < 1.29 is 18.7 Å². The minimum atomic E-state index is -2.97. The number of pyridine rings is 1. The van der Waals surface area contributed by atoms with Crippen LogP contribution in [0.2, 0.25) is 0 Å². The summed E-state index contributed by atoms with van der Waals surface area (Å²) in [6, 6.07) is 8.84. The zero-order valence-corrected chi connectivity index (χ0v) is 12.8. The van der Waals surface area contributed by atoms with Crippen LogP contribution < -0.4 is 9.26 Å². The van der Waals surface area contributed by atoms with Crippen molar-refractivity contribution in [2.24, 2.45) is 0 Å². The average molecular weight is 319 g/mol. The molecular formula is C14H14N3O4P. The minimum Gasteiger partial charge on any atom is -0.480 e. The zero-order valence-electron chi connectivity index (χ0n) is 11.8. The number of nitrogens with zero attached hydrogens (tertiary/aromatic N) is 3. The van der Waals surface area contributed by atoms with E-state index in [1.165, 1.54) is 0 Å². The third-order valence-corrected chi connectivity index (χ3v) is 3.60. The molecule has 1 N–H and O–H groups in total. The molecule has 0 spiro atoms. The summed E-state index contributed by atoms with van der Waals surface area (Å²) in [5.41, 5.74) is 1.92. The van der Waals surface area contributed by atoms with Crippen LogP contribution in [0, 0.1) is 0 Å². The number of fused-ring (bicyclic) bond motifs is 1. The van der Waals surface area contributed by atoms with E-state index >= 15 is 0 Å². The van der Waals surface area contributed by atoms with Crippen molar-refractivity contribution in [3.05, 3.63) is 48.3 Å². The van der Waals surface area contributed by atoms with Gasteiger partial charge in [-0.1, -0.05) is 12.1 Å². The molecule has 0 aliphatic heterocycles. The molecule has 3 aromatic rings. The fourth-order valence-corrected chi connectivity index (χ4v) is 2.54. The molecular weight excluding hydrogens is 305 g/mol. The fourth-order valence-electron chi connectivity index (χ4n) is 2.21. The molecule has 0 aliphatic carbocycles. The van der Waals surface area contributed by atoms with Crippen molar-refractivity contribution in [3.63, 3.8) is 0 Å². The summed E-state index contributed by atoms with van der Waals surface area (Å²) in [6.45, 7) is 0.561. The summed E-state index contributed by atoms with van der Waals surface area (Å²) in [7, 11) is -1.40. The first kappa shape index (κ1) is 14.6. The normalized spacial score (nSPS) is 12.3. The molecule has 1 aromatic carbocycles. The van der Waals surface area contributed by atoms with Gasteiger partial charge in [-0.05, 0) is 23.8 Å². The highest BCUT2D eigenvalue weighted by Crippen LogP contribution is 2.25. The van der Waals surface area contributed by atoms with Gasteiger partial charge in [0.15, 0.2) is 0 Å². The van der Waals surface area contributed by atoms with Crippen molar-refractivity contribution in [1.82, 2.24) is 14.8 Å². The highest BCUT2D eigenvalue weighted by molar-refractivity contribution is 7.32. The maximum atomic E-state index is 10.6. The summed E-state index contributed by atoms with van der Waals surface area (Å²) in [5.74, 6) is 0.909. The molecule has 2 heterocycles. The Bertz CT molecular complexity index is 817. The van der Waals surface area contributed by atoms with Crippen LogP contribution in [-0.2, 0) is 11.1 Å². The Balaban J connectivity index is 1.85.